The molecule has 4 aromatic rings. The van der Waals surface area contributed by atoms with Crippen LogP contribution in [0.3, 0.4) is 0 Å². The molecule has 1 aliphatic rings. The van der Waals surface area contributed by atoms with E-state index in [0.717, 1.165) is 51.7 Å². The fraction of sp³-hybridized carbons (Fsp3) is 0.227. The first-order valence-electron chi connectivity index (χ1n) is 10.0. The van der Waals surface area contributed by atoms with Gasteiger partial charge in [0.25, 0.3) is 0 Å². The van der Waals surface area contributed by atoms with Crippen LogP contribution in [-0.4, -0.2) is 32.9 Å². The second-order valence-corrected chi connectivity index (χ2v) is 8.26. The van der Waals surface area contributed by atoms with E-state index in [1.807, 2.05) is 48.5 Å². The molecule has 1 aliphatic heterocycles. The number of anilines is 2. The topological polar surface area (TPSA) is 69.6 Å². The van der Waals surface area contributed by atoms with Crippen molar-refractivity contribution in [1.29, 1.82) is 0 Å². The number of hydrogen-bond donors (Lipinski definition) is 2. The number of aromatic nitrogens is 4. The summed E-state index contributed by atoms with van der Waals surface area (Å²) in [6.45, 7) is 2.53. The Kier molecular flexibility index (Phi) is 5.00. The van der Waals surface area contributed by atoms with Crippen LogP contribution in [0.2, 0.25) is 0 Å². The molecule has 0 radical (unpaired) electrons. The van der Waals surface area contributed by atoms with Crippen molar-refractivity contribution < 1.29 is 9.94 Å². The zero-order valence-corrected chi connectivity index (χ0v) is 18.0. The summed E-state index contributed by atoms with van der Waals surface area (Å²) in [4.78, 5) is 6.96. The first-order chi connectivity index (χ1) is 14.7. The van der Waals surface area contributed by atoms with E-state index in [2.05, 4.69) is 31.2 Å². The van der Waals surface area contributed by atoms with Crippen LogP contribution in [0.5, 0.6) is 0 Å². The minimum atomic E-state index is 0.547. The third kappa shape index (κ3) is 3.59. The third-order valence-electron chi connectivity index (χ3n) is 5.37. The predicted molar refractivity (Wildman–Crippen MR) is 119 cm³/mol. The van der Waals surface area contributed by atoms with E-state index in [0.29, 0.717) is 6.54 Å². The van der Waals surface area contributed by atoms with E-state index in [-0.39, 0.29) is 0 Å². The molecule has 30 heavy (non-hydrogen) atoms. The Balaban J connectivity index is 1.43. The Morgan fingerprint density at radius 2 is 1.90 bits per heavy atom. The normalized spacial score (nSPS) is 13.8. The van der Waals surface area contributed by atoms with Crippen LogP contribution >= 0.6 is 15.9 Å². The van der Waals surface area contributed by atoms with Crippen LogP contribution in [0, 0.1) is 0 Å². The van der Waals surface area contributed by atoms with E-state index >= 15 is 0 Å². The summed E-state index contributed by atoms with van der Waals surface area (Å²) in [5.41, 5.74) is 3.63. The molecule has 1 saturated heterocycles. The van der Waals surface area contributed by atoms with Crippen molar-refractivity contribution in [3.05, 3.63) is 71.0 Å². The molecule has 0 bridgehead atoms. The fourth-order valence-corrected chi connectivity index (χ4v) is 4.18. The molecule has 0 atom stereocenters. The molecule has 0 spiro atoms. The van der Waals surface area contributed by atoms with Gasteiger partial charge in [-0.25, -0.2) is 4.98 Å². The molecule has 3 aromatic heterocycles. The second-order valence-electron chi connectivity index (χ2n) is 7.41. The number of hydrogen-bond acceptors (Lipinski definition) is 5. The number of nitrogens with zero attached hydrogens (tertiary/aromatic N) is 5. The van der Waals surface area contributed by atoms with Gasteiger partial charge in [0.1, 0.15) is 12.0 Å². The lowest BCUT2D eigenvalue weighted by Gasteiger charge is -2.13. The Bertz CT molecular complexity index is 1190. The van der Waals surface area contributed by atoms with Crippen molar-refractivity contribution in [2.45, 2.75) is 19.4 Å². The molecular weight excluding hydrogens is 444 g/mol. The van der Waals surface area contributed by atoms with Gasteiger partial charge in [0.2, 0.25) is 0 Å². The number of benzene rings is 1. The van der Waals surface area contributed by atoms with Crippen molar-refractivity contribution in [3.63, 3.8) is 0 Å². The maximum Gasteiger partial charge on any atom is 0.315 e. The standard InChI is InChI=1S/C22H22BrN6O/c23-18-14-25-29-20(12-19(26-22(18)29)17-6-2-1-3-7-17)24-13-16-8-9-21(28(30)15-16)27-10-4-5-11-27/h1-3,6-9,12,14-15,24,30H,4-5,10-11,13H2/q+1. The number of nitrogens with one attached hydrogen (secondary N) is 1. The number of fused-ring (bicyclic) bond motifs is 1. The van der Waals surface area contributed by atoms with Crippen LogP contribution in [0.25, 0.3) is 16.9 Å². The van der Waals surface area contributed by atoms with Crippen molar-refractivity contribution in [2.75, 3.05) is 23.3 Å². The van der Waals surface area contributed by atoms with Gasteiger partial charge >= 0.3 is 5.82 Å². The zero-order valence-electron chi connectivity index (χ0n) is 16.4. The minimum absolute atomic E-state index is 0.547. The zero-order chi connectivity index (χ0) is 20.5. The SMILES string of the molecule is O[n+]1cc(CNc2cc(-c3ccccc3)nc3c(Br)cnn23)ccc1N1CCCC1. The second kappa shape index (κ2) is 7.95. The lowest BCUT2D eigenvalue weighted by Crippen LogP contribution is -2.39. The molecular formula is C22H22BrN6O+. The highest BCUT2D eigenvalue weighted by atomic mass is 79.9. The minimum Gasteiger partial charge on any atom is -0.366 e. The van der Waals surface area contributed by atoms with Gasteiger partial charge in [0.15, 0.2) is 5.65 Å². The van der Waals surface area contributed by atoms with Crippen LogP contribution < -0.4 is 14.9 Å². The monoisotopic (exact) mass is 465 g/mol. The molecule has 5 rings (SSSR count). The molecule has 8 heteroatoms. The fourth-order valence-electron chi connectivity index (χ4n) is 3.84. The Morgan fingerprint density at radius 3 is 2.67 bits per heavy atom. The molecule has 0 saturated carbocycles. The van der Waals surface area contributed by atoms with Crippen molar-refractivity contribution in [3.8, 4) is 11.3 Å². The number of halogens is 1. The number of pyridine rings is 1. The summed E-state index contributed by atoms with van der Waals surface area (Å²) in [5, 5.41) is 18.3. The van der Waals surface area contributed by atoms with Gasteiger partial charge in [-0.1, -0.05) is 35.1 Å². The average Bonchev–Trinajstić information content (AvgIpc) is 3.43. The summed E-state index contributed by atoms with van der Waals surface area (Å²) >= 11 is 3.54. The van der Waals surface area contributed by atoms with Crippen molar-refractivity contribution in [1.82, 2.24) is 14.6 Å². The molecule has 7 nitrogen and oxygen atoms in total. The average molecular weight is 466 g/mol. The Hall–Kier alpha value is -3.13. The Labute approximate surface area is 182 Å². The quantitative estimate of drug-likeness (QED) is 0.345. The van der Waals surface area contributed by atoms with E-state index in [9.17, 15) is 5.21 Å². The van der Waals surface area contributed by atoms with Crippen LogP contribution in [0.4, 0.5) is 11.6 Å². The largest absolute Gasteiger partial charge is 0.366 e. The highest BCUT2D eigenvalue weighted by Gasteiger charge is 2.23. The molecule has 0 aliphatic carbocycles. The van der Waals surface area contributed by atoms with Crippen LogP contribution in [-0.2, 0) is 6.54 Å². The molecule has 1 aromatic carbocycles. The first kappa shape index (κ1) is 18.9. The van der Waals surface area contributed by atoms with Gasteiger partial charge in [0, 0.05) is 29.8 Å². The summed E-state index contributed by atoms with van der Waals surface area (Å²) in [6, 6.07) is 16.1. The molecule has 2 N–H and O–H groups in total. The smallest absolute Gasteiger partial charge is 0.315 e. The van der Waals surface area contributed by atoms with E-state index in [1.165, 1.54) is 17.6 Å². The summed E-state index contributed by atoms with van der Waals surface area (Å²) in [6.07, 6.45) is 5.85. The predicted octanol–water partition coefficient (Wildman–Crippen LogP) is 3.90. The number of rotatable bonds is 5. The molecule has 1 fully saturated rings. The third-order valence-corrected chi connectivity index (χ3v) is 5.93. The Morgan fingerprint density at radius 1 is 1.10 bits per heavy atom. The molecule has 0 amide bonds. The van der Waals surface area contributed by atoms with Gasteiger partial charge in [0.05, 0.1) is 29.5 Å². The maximum absolute atomic E-state index is 10.4. The van der Waals surface area contributed by atoms with Crippen LogP contribution in [0.1, 0.15) is 18.4 Å². The lowest BCUT2D eigenvalue weighted by molar-refractivity contribution is -0.894. The van der Waals surface area contributed by atoms with Crippen LogP contribution in [0.15, 0.2) is 65.4 Å². The highest BCUT2D eigenvalue weighted by Crippen LogP contribution is 2.26. The highest BCUT2D eigenvalue weighted by molar-refractivity contribution is 9.10. The van der Waals surface area contributed by atoms with Gasteiger partial charge in [-0.3, -0.25) is 4.90 Å². The summed E-state index contributed by atoms with van der Waals surface area (Å²) in [5.74, 6) is 1.67. The van der Waals surface area contributed by atoms with Gasteiger partial charge in [-0.2, -0.15) is 9.61 Å². The van der Waals surface area contributed by atoms with Gasteiger partial charge < -0.3 is 10.5 Å². The first-order valence-corrected chi connectivity index (χ1v) is 10.8. The summed E-state index contributed by atoms with van der Waals surface area (Å²) < 4.78 is 3.85. The summed E-state index contributed by atoms with van der Waals surface area (Å²) in [7, 11) is 0. The molecule has 4 heterocycles. The van der Waals surface area contributed by atoms with Crippen molar-refractivity contribution in [2.24, 2.45) is 0 Å². The molecule has 152 valence electrons. The lowest BCUT2D eigenvalue weighted by atomic mass is 10.1. The van der Waals surface area contributed by atoms with E-state index in [4.69, 9.17) is 4.98 Å². The van der Waals surface area contributed by atoms with Crippen molar-refractivity contribution >= 4 is 33.2 Å². The van der Waals surface area contributed by atoms with Gasteiger partial charge in [-0.15, -0.1) is 0 Å². The van der Waals surface area contributed by atoms with E-state index in [1.54, 1.807) is 16.9 Å². The maximum atomic E-state index is 10.4. The van der Waals surface area contributed by atoms with E-state index < -0.39 is 0 Å². The van der Waals surface area contributed by atoms with Gasteiger partial charge in [-0.05, 0) is 34.8 Å². The molecule has 0 unspecified atom stereocenters.